The lowest BCUT2D eigenvalue weighted by Gasteiger charge is -2.24. The SMILES string of the molecule is O=C(O)c1nccnc1N(CC1CC1)C1CC1. The van der Waals surface area contributed by atoms with Crippen molar-refractivity contribution in [3.05, 3.63) is 18.1 Å². The Morgan fingerprint density at radius 2 is 2.00 bits per heavy atom. The molecular weight excluding hydrogens is 218 g/mol. The van der Waals surface area contributed by atoms with Crippen LogP contribution in [0.1, 0.15) is 36.2 Å². The van der Waals surface area contributed by atoms with E-state index in [2.05, 4.69) is 14.9 Å². The molecule has 5 heteroatoms. The van der Waals surface area contributed by atoms with Crippen LogP contribution in [0.25, 0.3) is 0 Å². The van der Waals surface area contributed by atoms with Gasteiger partial charge in [0.15, 0.2) is 11.5 Å². The van der Waals surface area contributed by atoms with Gasteiger partial charge in [-0.2, -0.15) is 0 Å². The molecule has 0 radical (unpaired) electrons. The smallest absolute Gasteiger partial charge is 0.358 e. The minimum Gasteiger partial charge on any atom is -0.476 e. The van der Waals surface area contributed by atoms with E-state index in [0.717, 1.165) is 25.3 Å². The van der Waals surface area contributed by atoms with Gasteiger partial charge in [-0.3, -0.25) is 0 Å². The van der Waals surface area contributed by atoms with Gasteiger partial charge in [0.1, 0.15) is 0 Å². The Labute approximate surface area is 99.5 Å². The van der Waals surface area contributed by atoms with E-state index >= 15 is 0 Å². The molecule has 2 fully saturated rings. The van der Waals surface area contributed by atoms with E-state index in [1.165, 1.54) is 19.0 Å². The zero-order chi connectivity index (χ0) is 11.8. The molecule has 90 valence electrons. The topological polar surface area (TPSA) is 66.3 Å². The summed E-state index contributed by atoms with van der Waals surface area (Å²) in [4.78, 5) is 21.4. The lowest BCUT2D eigenvalue weighted by molar-refractivity contribution is 0.0690. The average Bonchev–Trinajstić information content (AvgIpc) is 3.17. The summed E-state index contributed by atoms with van der Waals surface area (Å²) < 4.78 is 0. The molecule has 1 heterocycles. The Kier molecular flexibility index (Phi) is 2.46. The number of carboxylic acid groups (broad SMARTS) is 1. The minimum atomic E-state index is -0.991. The number of rotatable bonds is 5. The molecule has 0 aliphatic heterocycles. The first-order chi connectivity index (χ1) is 8.25. The van der Waals surface area contributed by atoms with Gasteiger partial charge in [-0.1, -0.05) is 0 Å². The lowest BCUT2D eigenvalue weighted by atomic mass is 10.3. The van der Waals surface area contributed by atoms with Crippen LogP contribution in [-0.4, -0.2) is 33.6 Å². The van der Waals surface area contributed by atoms with Gasteiger partial charge in [-0.25, -0.2) is 14.8 Å². The van der Waals surface area contributed by atoms with Crippen LogP contribution in [-0.2, 0) is 0 Å². The summed E-state index contributed by atoms with van der Waals surface area (Å²) in [5.41, 5.74) is 0.0834. The standard InChI is InChI=1S/C12H15N3O2/c16-12(17)10-11(14-6-5-13-10)15(9-3-4-9)7-8-1-2-8/h5-6,8-9H,1-4,7H2,(H,16,17). The van der Waals surface area contributed by atoms with Gasteiger partial charge >= 0.3 is 5.97 Å². The summed E-state index contributed by atoms with van der Waals surface area (Å²) in [6, 6.07) is 0.477. The molecule has 0 bridgehead atoms. The summed E-state index contributed by atoms with van der Waals surface area (Å²) in [5.74, 6) is 0.281. The van der Waals surface area contributed by atoms with Crippen LogP contribution in [0.2, 0.25) is 0 Å². The molecule has 1 N–H and O–H groups in total. The third-order valence-corrected chi connectivity index (χ3v) is 3.29. The molecule has 2 aliphatic rings. The molecular formula is C12H15N3O2. The van der Waals surface area contributed by atoms with Gasteiger partial charge in [-0.05, 0) is 31.6 Å². The monoisotopic (exact) mass is 233 g/mol. The van der Waals surface area contributed by atoms with Crippen molar-refractivity contribution >= 4 is 11.8 Å². The van der Waals surface area contributed by atoms with Crippen LogP contribution in [0.4, 0.5) is 5.82 Å². The van der Waals surface area contributed by atoms with Gasteiger partial charge in [-0.15, -0.1) is 0 Å². The quantitative estimate of drug-likeness (QED) is 0.835. The molecule has 3 rings (SSSR count). The number of hydrogen-bond donors (Lipinski definition) is 1. The molecule has 0 saturated heterocycles. The van der Waals surface area contributed by atoms with Crippen LogP contribution >= 0.6 is 0 Å². The van der Waals surface area contributed by atoms with E-state index in [9.17, 15) is 4.79 Å². The fraction of sp³-hybridized carbons (Fsp3) is 0.583. The second-order valence-corrected chi connectivity index (χ2v) is 4.86. The highest BCUT2D eigenvalue weighted by Crippen LogP contribution is 2.37. The van der Waals surface area contributed by atoms with Crippen molar-refractivity contribution in [3.63, 3.8) is 0 Å². The highest BCUT2D eigenvalue weighted by molar-refractivity contribution is 5.91. The summed E-state index contributed by atoms with van der Waals surface area (Å²) in [7, 11) is 0. The Balaban J connectivity index is 1.90. The molecule has 0 amide bonds. The Morgan fingerprint density at radius 1 is 1.29 bits per heavy atom. The third kappa shape index (κ3) is 2.23. The highest BCUT2D eigenvalue weighted by atomic mass is 16.4. The van der Waals surface area contributed by atoms with E-state index in [0.29, 0.717) is 11.9 Å². The number of carbonyl (C=O) groups is 1. The van der Waals surface area contributed by atoms with Crippen molar-refractivity contribution in [1.29, 1.82) is 0 Å². The maximum atomic E-state index is 11.1. The van der Waals surface area contributed by atoms with Gasteiger partial charge in [0.25, 0.3) is 0 Å². The average molecular weight is 233 g/mol. The van der Waals surface area contributed by atoms with Crippen molar-refractivity contribution in [1.82, 2.24) is 9.97 Å². The van der Waals surface area contributed by atoms with Gasteiger partial charge in [0, 0.05) is 25.0 Å². The molecule has 0 atom stereocenters. The van der Waals surface area contributed by atoms with Crippen LogP contribution in [0, 0.1) is 5.92 Å². The summed E-state index contributed by atoms with van der Waals surface area (Å²) in [6.45, 7) is 0.934. The Morgan fingerprint density at radius 3 is 2.59 bits per heavy atom. The van der Waals surface area contributed by atoms with E-state index in [-0.39, 0.29) is 5.69 Å². The van der Waals surface area contributed by atoms with Gasteiger partial charge in [0.05, 0.1) is 0 Å². The summed E-state index contributed by atoms with van der Waals surface area (Å²) in [6.07, 6.45) is 7.81. The number of carboxylic acids is 1. The first-order valence-electron chi connectivity index (χ1n) is 6.06. The molecule has 5 nitrogen and oxygen atoms in total. The second-order valence-electron chi connectivity index (χ2n) is 4.86. The van der Waals surface area contributed by atoms with Crippen molar-refractivity contribution in [2.24, 2.45) is 5.92 Å². The van der Waals surface area contributed by atoms with Gasteiger partial charge in [0.2, 0.25) is 0 Å². The normalized spacial score (nSPS) is 19.1. The summed E-state index contributed by atoms with van der Waals surface area (Å²) in [5, 5.41) is 9.14. The van der Waals surface area contributed by atoms with Gasteiger partial charge < -0.3 is 10.0 Å². The highest BCUT2D eigenvalue weighted by Gasteiger charge is 2.36. The predicted molar refractivity (Wildman–Crippen MR) is 62.1 cm³/mol. The maximum absolute atomic E-state index is 11.1. The fourth-order valence-electron chi connectivity index (χ4n) is 2.07. The molecule has 2 saturated carbocycles. The van der Waals surface area contributed by atoms with Crippen LogP contribution in [0.15, 0.2) is 12.4 Å². The molecule has 1 aromatic rings. The molecule has 2 aliphatic carbocycles. The number of nitrogens with zero attached hydrogens (tertiary/aromatic N) is 3. The number of hydrogen-bond acceptors (Lipinski definition) is 4. The maximum Gasteiger partial charge on any atom is 0.358 e. The number of anilines is 1. The lowest BCUT2D eigenvalue weighted by Crippen LogP contribution is -2.31. The molecule has 0 spiro atoms. The molecule has 1 aromatic heterocycles. The molecule has 17 heavy (non-hydrogen) atoms. The van der Waals surface area contributed by atoms with Crippen LogP contribution < -0.4 is 4.90 Å². The second kappa shape index (κ2) is 3.98. The fourth-order valence-corrected chi connectivity index (χ4v) is 2.07. The van der Waals surface area contributed by atoms with Crippen molar-refractivity contribution < 1.29 is 9.90 Å². The first kappa shape index (κ1) is 10.5. The largest absolute Gasteiger partial charge is 0.476 e. The molecule has 0 aromatic carbocycles. The summed E-state index contributed by atoms with van der Waals surface area (Å²) >= 11 is 0. The van der Waals surface area contributed by atoms with Crippen LogP contribution in [0.3, 0.4) is 0 Å². The van der Waals surface area contributed by atoms with E-state index < -0.39 is 5.97 Å². The number of aromatic nitrogens is 2. The predicted octanol–water partition coefficient (Wildman–Crippen LogP) is 1.55. The van der Waals surface area contributed by atoms with Crippen molar-refractivity contribution in [2.75, 3.05) is 11.4 Å². The number of aromatic carboxylic acids is 1. The molecule has 0 unspecified atom stereocenters. The van der Waals surface area contributed by atoms with E-state index in [1.54, 1.807) is 6.20 Å². The van der Waals surface area contributed by atoms with Crippen molar-refractivity contribution in [2.45, 2.75) is 31.7 Å². The van der Waals surface area contributed by atoms with Crippen molar-refractivity contribution in [3.8, 4) is 0 Å². The van der Waals surface area contributed by atoms with Crippen LogP contribution in [0.5, 0.6) is 0 Å². The zero-order valence-electron chi connectivity index (χ0n) is 9.54. The first-order valence-corrected chi connectivity index (χ1v) is 6.06. The minimum absolute atomic E-state index is 0.0834. The Bertz CT molecular complexity index is 441. The third-order valence-electron chi connectivity index (χ3n) is 3.29. The Hall–Kier alpha value is -1.65. The van der Waals surface area contributed by atoms with E-state index in [4.69, 9.17) is 5.11 Å². The van der Waals surface area contributed by atoms with E-state index in [1.807, 2.05) is 0 Å². The zero-order valence-corrected chi connectivity index (χ0v) is 9.54.